The van der Waals surface area contributed by atoms with Gasteiger partial charge in [0.05, 0.1) is 5.88 Å². The van der Waals surface area contributed by atoms with Gasteiger partial charge in [-0.3, -0.25) is 4.79 Å². The van der Waals surface area contributed by atoms with Crippen molar-refractivity contribution >= 4 is 23.6 Å². The summed E-state index contributed by atoms with van der Waals surface area (Å²) in [6.45, 7) is 1.21. The number of amides is 2. The van der Waals surface area contributed by atoms with Crippen molar-refractivity contribution in [2.45, 2.75) is 18.9 Å². The second-order valence-corrected chi connectivity index (χ2v) is 5.43. The van der Waals surface area contributed by atoms with Crippen LogP contribution in [0.5, 0.6) is 0 Å². The molecule has 1 aromatic rings. The van der Waals surface area contributed by atoms with E-state index in [4.69, 9.17) is 16.3 Å². The molecule has 0 aliphatic carbocycles. The Morgan fingerprint density at radius 2 is 2.09 bits per heavy atom. The first kappa shape index (κ1) is 16.5. The fraction of sp³-hybridized carbons (Fsp3) is 0.467. The highest BCUT2D eigenvalue weighted by atomic mass is 35.5. The van der Waals surface area contributed by atoms with Gasteiger partial charge in [0.25, 0.3) is 5.91 Å². The van der Waals surface area contributed by atoms with Crippen molar-refractivity contribution < 1.29 is 18.7 Å². The maximum atomic E-state index is 13.1. The van der Waals surface area contributed by atoms with Gasteiger partial charge in [-0.05, 0) is 31.0 Å². The Morgan fingerprint density at radius 1 is 1.36 bits per heavy atom. The Morgan fingerprint density at radius 3 is 2.73 bits per heavy atom. The summed E-state index contributed by atoms with van der Waals surface area (Å²) in [4.78, 5) is 25.3. The molecule has 1 saturated heterocycles. The number of rotatable bonds is 4. The monoisotopic (exact) mass is 328 g/mol. The van der Waals surface area contributed by atoms with E-state index >= 15 is 0 Å². The van der Waals surface area contributed by atoms with Crippen LogP contribution in [0.15, 0.2) is 24.3 Å². The standard InChI is InChI=1S/C15H18ClFN2O3/c16-6-9-22-15(21)19-7-4-13(5-8-19)18-14(20)11-2-1-3-12(17)10-11/h1-3,10,13H,4-9H2,(H,18,20). The highest BCUT2D eigenvalue weighted by Crippen LogP contribution is 2.13. The molecular formula is C15H18ClFN2O3. The number of carbonyl (C=O) groups excluding carboxylic acids is 2. The molecule has 1 aliphatic heterocycles. The van der Waals surface area contributed by atoms with Gasteiger partial charge in [0.2, 0.25) is 0 Å². The maximum absolute atomic E-state index is 13.1. The average molecular weight is 329 g/mol. The fourth-order valence-corrected chi connectivity index (χ4v) is 2.40. The predicted octanol–water partition coefficient (Wildman–Crippen LogP) is 2.40. The molecule has 0 aromatic heterocycles. The number of carbonyl (C=O) groups is 2. The van der Waals surface area contributed by atoms with Crippen LogP contribution in [0, 0.1) is 5.82 Å². The first-order valence-electron chi connectivity index (χ1n) is 7.14. The molecule has 1 aliphatic rings. The van der Waals surface area contributed by atoms with Crippen molar-refractivity contribution in [1.82, 2.24) is 10.2 Å². The number of piperidine rings is 1. The molecular weight excluding hydrogens is 311 g/mol. The Bertz CT molecular complexity index is 533. The predicted molar refractivity (Wildman–Crippen MR) is 80.5 cm³/mol. The van der Waals surface area contributed by atoms with Gasteiger partial charge in [-0.15, -0.1) is 11.6 Å². The first-order valence-corrected chi connectivity index (χ1v) is 7.67. The Labute approximate surface area is 133 Å². The molecule has 1 aromatic carbocycles. The zero-order valence-corrected chi connectivity index (χ0v) is 12.8. The third-order valence-electron chi connectivity index (χ3n) is 3.48. The molecule has 5 nitrogen and oxygen atoms in total. The normalized spacial score (nSPS) is 15.5. The minimum absolute atomic E-state index is 0.0344. The third-order valence-corrected chi connectivity index (χ3v) is 3.63. The van der Waals surface area contributed by atoms with Crippen LogP contribution in [0.1, 0.15) is 23.2 Å². The summed E-state index contributed by atoms with van der Waals surface area (Å²) < 4.78 is 18.1. The highest BCUT2D eigenvalue weighted by molar-refractivity contribution is 6.18. The summed E-state index contributed by atoms with van der Waals surface area (Å²) >= 11 is 5.46. The average Bonchev–Trinajstić information content (AvgIpc) is 2.53. The summed E-state index contributed by atoms with van der Waals surface area (Å²) in [6, 6.07) is 5.53. The highest BCUT2D eigenvalue weighted by Gasteiger charge is 2.24. The van der Waals surface area contributed by atoms with E-state index in [0.717, 1.165) is 0 Å². The molecule has 22 heavy (non-hydrogen) atoms. The lowest BCUT2D eigenvalue weighted by atomic mass is 10.0. The number of hydrogen-bond donors (Lipinski definition) is 1. The van der Waals surface area contributed by atoms with Crippen molar-refractivity contribution in [2.75, 3.05) is 25.6 Å². The maximum Gasteiger partial charge on any atom is 0.409 e. The SMILES string of the molecule is O=C(NC1CCN(C(=O)OCCCl)CC1)c1cccc(F)c1. The molecule has 0 unspecified atom stereocenters. The summed E-state index contributed by atoms with van der Waals surface area (Å²) in [7, 11) is 0. The van der Waals surface area contributed by atoms with Gasteiger partial charge in [-0.1, -0.05) is 6.07 Å². The molecule has 0 radical (unpaired) electrons. The molecule has 1 N–H and O–H groups in total. The van der Waals surface area contributed by atoms with Gasteiger partial charge >= 0.3 is 6.09 Å². The molecule has 0 saturated carbocycles. The molecule has 0 spiro atoms. The number of nitrogens with zero attached hydrogens (tertiary/aromatic N) is 1. The van der Waals surface area contributed by atoms with Crippen LogP contribution in [0.25, 0.3) is 0 Å². The van der Waals surface area contributed by atoms with Gasteiger partial charge in [0.1, 0.15) is 12.4 Å². The minimum Gasteiger partial charge on any atom is -0.448 e. The van der Waals surface area contributed by atoms with E-state index < -0.39 is 5.82 Å². The summed E-state index contributed by atoms with van der Waals surface area (Å²) in [5.41, 5.74) is 0.295. The second kappa shape index (κ2) is 7.98. The zero-order chi connectivity index (χ0) is 15.9. The number of ether oxygens (including phenoxy) is 1. The first-order chi connectivity index (χ1) is 10.6. The second-order valence-electron chi connectivity index (χ2n) is 5.05. The molecule has 120 valence electrons. The number of alkyl halides is 1. The van der Waals surface area contributed by atoms with Crippen molar-refractivity contribution in [3.05, 3.63) is 35.6 Å². The van der Waals surface area contributed by atoms with Crippen LogP contribution in [-0.4, -0.2) is 48.5 Å². The third kappa shape index (κ3) is 4.59. The van der Waals surface area contributed by atoms with Crippen LogP contribution in [0.4, 0.5) is 9.18 Å². The lowest BCUT2D eigenvalue weighted by molar-refractivity contribution is 0.0861. The van der Waals surface area contributed by atoms with Crippen LogP contribution in [0.2, 0.25) is 0 Å². The van der Waals surface area contributed by atoms with E-state index in [0.29, 0.717) is 31.5 Å². The Kier molecular flexibility index (Phi) is 6.00. The van der Waals surface area contributed by atoms with E-state index in [-0.39, 0.29) is 30.5 Å². The van der Waals surface area contributed by atoms with Crippen LogP contribution < -0.4 is 5.32 Å². The number of likely N-dealkylation sites (tertiary alicyclic amines) is 1. The largest absolute Gasteiger partial charge is 0.448 e. The van der Waals surface area contributed by atoms with E-state index in [1.54, 1.807) is 11.0 Å². The van der Waals surface area contributed by atoms with Crippen molar-refractivity contribution in [3.8, 4) is 0 Å². The topological polar surface area (TPSA) is 58.6 Å². The lowest BCUT2D eigenvalue weighted by Gasteiger charge is -2.31. The van der Waals surface area contributed by atoms with Crippen LogP contribution in [-0.2, 0) is 4.74 Å². The van der Waals surface area contributed by atoms with E-state index in [1.165, 1.54) is 18.2 Å². The van der Waals surface area contributed by atoms with E-state index in [9.17, 15) is 14.0 Å². The van der Waals surface area contributed by atoms with Crippen LogP contribution >= 0.6 is 11.6 Å². The molecule has 2 amide bonds. The van der Waals surface area contributed by atoms with Crippen molar-refractivity contribution in [2.24, 2.45) is 0 Å². The van der Waals surface area contributed by atoms with Crippen molar-refractivity contribution in [1.29, 1.82) is 0 Å². The molecule has 1 fully saturated rings. The molecule has 0 atom stereocenters. The minimum atomic E-state index is -0.440. The Hall–Kier alpha value is -1.82. The molecule has 0 bridgehead atoms. The van der Waals surface area contributed by atoms with Gasteiger partial charge in [-0.25, -0.2) is 9.18 Å². The van der Waals surface area contributed by atoms with E-state index in [1.807, 2.05) is 0 Å². The van der Waals surface area contributed by atoms with Crippen molar-refractivity contribution in [3.63, 3.8) is 0 Å². The smallest absolute Gasteiger partial charge is 0.409 e. The summed E-state index contributed by atoms with van der Waals surface area (Å²) in [5, 5.41) is 2.86. The van der Waals surface area contributed by atoms with Gasteiger partial charge < -0.3 is 15.0 Å². The summed E-state index contributed by atoms with van der Waals surface area (Å²) in [5.74, 6) is -0.474. The lowest BCUT2D eigenvalue weighted by Crippen LogP contribution is -2.46. The van der Waals surface area contributed by atoms with Gasteiger partial charge in [-0.2, -0.15) is 0 Å². The Balaban J connectivity index is 1.80. The van der Waals surface area contributed by atoms with Gasteiger partial charge in [0, 0.05) is 24.7 Å². The molecule has 2 rings (SSSR count). The van der Waals surface area contributed by atoms with Crippen LogP contribution in [0.3, 0.4) is 0 Å². The number of benzene rings is 1. The van der Waals surface area contributed by atoms with Gasteiger partial charge in [0.15, 0.2) is 0 Å². The fourth-order valence-electron chi connectivity index (χ4n) is 2.32. The molecule has 7 heteroatoms. The van der Waals surface area contributed by atoms with E-state index in [2.05, 4.69) is 5.32 Å². The number of hydrogen-bond acceptors (Lipinski definition) is 3. The zero-order valence-electron chi connectivity index (χ0n) is 12.1. The summed E-state index contributed by atoms with van der Waals surface area (Å²) in [6.07, 6.45) is 0.893. The quantitative estimate of drug-likeness (QED) is 0.863. The number of halogens is 2. The molecule has 1 heterocycles. The number of nitrogens with one attached hydrogen (secondary N) is 1.